The van der Waals surface area contributed by atoms with Crippen molar-refractivity contribution < 1.29 is 13.8 Å². The van der Waals surface area contributed by atoms with Gasteiger partial charge in [0.2, 0.25) is 11.8 Å². The minimum Gasteiger partial charge on any atom is -0.329 e. The highest BCUT2D eigenvalue weighted by Crippen LogP contribution is 2.31. The number of piperidine rings is 1. The summed E-state index contributed by atoms with van der Waals surface area (Å²) in [5, 5.41) is 0. The van der Waals surface area contributed by atoms with Crippen molar-refractivity contribution in [3.8, 4) is 0 Å². The van der Waals surface area contributed by atoms with Gasteiger partial charge in [0.05, 0.1) is 0 Å². The van der Waals surface area contributed by atoms with Crippen molar-refractivity contribution in [1.82, 2.24) is 9.80 Å². The van der Waals surface area contributed by atoms with E-state index in [1.165, 1.54) is 0 Å². The van der Waals surface area contributed by atoms with Gasteiger partial charge >= 0.3 is 0 Å². The molecule has 0 aliphatic carbocycles. The fourth-order valence-corrected chi connectivity index (χ4v) is 5.23. The Morgan fingerprint density at radius 3 is 2.48 bits per heavy atom. The van der Waals surface area contributed by atoms with E-state index < -0.39 is 10.8 Å². The lowest BCUT2D eigenvalue weighted by Crippen LogP contribution is -2.68. The zero-order valence-corrected chi connectivity index (χ0v) is 13.4. The number of carbonyl (C=O) groups is 2. The van der Waals surface area contributed by atoms with Gasteiger partial charge in [-0.1, -0.05) is 6.92 Å². The summed E-state index contributed by atoms with van der Waals surface area (Å²) in [5.74, 6) is 1.59. The number of rotatable bonds is 2. The Hall–Kier alpha value is -0.910. The Morgan fingerprint density at radius 2 is 1.81 bits per heavy atom. The molecule has 0 bridgehead atoms. The number of hydrogen-bond acceptors (Lipinski definition) is 3. The summed E-state index contributed by atoms with van der Waals surface area (Å²) in [6.07, 6.45) is 5.06. The van der Waals surface area contributed by atoms with Crippen molar-refractivity contribution in [2.75, 3.05) is 18.1 Å². The monoisotopic (exact) mass is 312 g/mol. The van der Waals surface area contributed by atoms with Gasteiger partial charge in [-0.15, -0.1) is 0 Å². The molecule has 21 heavy (non-hydrogen) atoms. The van der Waals surface area contributed by atoms with Crippen LogP contribution in [0.15, 0.2) is 0 Å². The van der Waals surface area contributed by atoms with Crippen molar-refractivity contribution in [1.29, 1.82) is 0 Å². The molecule has 0 aromatic heterocycles. The van der Waals surface area contributed by atoms with Crippen LogP contribution in [0.1, 0.15) is 45.4 Å². The molecule has 6 heteroatoms. The van der Waals surface area contributed by atoms with Crippen LogP contribution < -0.4 is 0 Å². The number of carbonyl (C=O) groups excluding carboxylic acids is 2. The van der Waals surface area contributed by atoms with Gasteiger partial charge < -0.3 is 9.80 Å². The van der Waals surface area contributed by atoms with Crippen LogP contribution in [0.4, 0.5) is 0 Å². The number of hydrogen-bond donors (Lipinski definition) is 0. The molecule has 2 amide bonds. The van der Waals surface area contributed by atoms with Gasteiger partial charge in [0.15, 0.2) is 0 Å². The van der Waals surface area contributed by atoms with Gasteiger partial charge in [-0.3, -0.25) is 13.8 Å². The summed E-state index contributed by atoms with van der Waals surface area (Å²) in [6, 6.07) is -0.432. The first-order valence-electron chi connectivity index (χ1n) is 8.11. The number of piperazine rings is 1. The van der Waals surface area contributed by atoms with E-state index >= 15 is 0 Å². The summed E-state index contributed by atoms with van der Waals surface area (Å²) >= 11 is 0. The average molecular weight is 312 g/mol. The molecule has 0 saturated carbocycles. The van der Waals surface area contributed by atoms with Crippen LogP contribution in [0.5, 0.6) is 0 Å². The highest BCUT2D eigenvalue weighted by molar-refractivity contribution is 7.85. The van der Waals surface area contributed by atoms with E-state index in [0.29, 0.717) is 17.9 Å². The predicted octanol–water partition coefficient (Wildman–Crippen LogP) is 0.899. The van der Waals surface area contributed by atoms with Crippen LogP contribution in [0.3, 0.4) is 0 Å². The molecule has 0 N–H and O–H groups in total. The van der Waals surface area contributed by atoms with Gasteiger partial charge in [-0.2, -0.15) is 0 Å². The highest BCUT2D eigenvalue weighted by atomic mass is 32.2. The molecule has 3 aliphatic heterocycles. The van der Waals surface area contributed by atoms with E-state index in [4.69, 9.17) is 0 Å². The van der Waals surface area contributed by atoms with Gasteiger partial charge in [0.1, 0.15) is 12.1 Å². The van der Waals surface area contributed by atoms with Crippen LogP contribution in [-0.4, -0.2) is 62.0 Å². The number of fused-ring (bicyclic) bond motifs is 1. The van der Waals surface area contributed by atoms with Crippen molar-refractivity contribution in [3.63, 3.8) is 0 Å². The van der Waals surface area contributed by atoms with Crippen molar-refractivity contribution >= 4 is 22.6 Å². The lowest BCUT2D eigenvalue weighted by molar-refractivity contribution is -0.167. The van der Waals surface area contributed by atoms with Gasteiger partial charge in [0.25, 0.3) is 0 Å². The minimum atomic E-state index is -0.740. The van der Waals surface area contributed by atoms with Crippen LogP contribution >= 0.6 is 0 Å². The molecule has 2 atom stereocenters. The second-order valence-corrected chi connectivity index (χ2v) is 7.99. The summed E-state index contributed by atoms with van der Waals surface area (Å²) in [4.78, 5) is 29.3. The summed E-state index contributed by atoms with van der Waals surface area (Å²) in [6.45, 7) is 2.71. The predicted molar refractivity (Wildman–Crippen MR) is 81.2 cm³/mol. The second-order valence-electron chi connectivity index (χ2n) is 6.29. The topological polar surface area (TPSA) is 57.7 Å². The molecule has 2 unspecified atom stereocenters. The maximum absolute atomic E-state index is 12.9. The molecule has 3 fully saturated rings. The molecule has 3 aliphatic rings. The van der Waals surface area contributed by atoms with Crippen molar-refractivity contribution in [2.24, 2.45) is 0 Å². The molecule has 5 nitrogen and oxygen atoms in total. The van der Waals surface area contributed by atoms with E-state index in [9.17, 15) is 13.8 Å². The first kappa shape index (κ1) is 15.0. The molecular weight excluding hydrogens is 288 g/mol. The molecule has 118 valence electrons. The van der Waals surface area contributed by atoms with Gasteiger partial charge in [0, 0.05) is 34.9 Å². The Balaban J connectivity index is 1.84. The highest BCUT2D eigenvalue weighted by Gasteiger charge is 2.48. The SMILES string of the molecule is CCC1C(=O)N2CCCCC2C(=O)N1C1CCS(=O)CC1. The first-order valence-corrected chi connectivity index (χ1v) is 9.60. The maximum atomic E-state index is 12.9. The first-order chi connectivity index (χ1) is 10.1. The zero-order valence-electron chi connectivity index (χ0n) is 12.6. The molecule has 0 aromatic rings. The minimum absolute atomic E-state index is 0.105. The molecule has 3 heterocycles. The Morgan fingerprint density at radius 1 is 1.10 bits per heavy atom. The molecule has 3 saturated heterocycles. The van der Waals surface area contributed by atoms with Crippen LogP contribution in [-0.2, 0) is 20.4 Å². The zero-order chi connectivity index (χ0) is 15.0. The normalized spacial score (nSPS) is 37.6. The third-order valence-electron chi connectivity index (χ3n) is 5.08. The van der Waals surface area contributed by atoms with Gasteiger partial charge in [-0.05, 0) is 38.5 Å². The molecular formula is C15H24N2O3S. The molecule has 0 aromatic carbocycles. The fraction of sp³-hybridized carbons (Fsp3) is 0.867. The standard InChI is InChI=1S/C15H24N2O3S/c1-2-12-14(18)16-8-4-3-5-13(16)15(19)17(12)11-6-9-21(20)10-7-11/h11-13H,2-10H2,1H3. The Labute approximate surface area is 128 Å². The van der Waals surface area contributed by atoms with Crippen LogP contribution in [0, 0.1) is 0 Å². The summed E-state index contributed by atoms with van der Waals surface area (Å²) in [7, 11) is -0.740. The quantitative estimate of drug-likeness (QED) is 0.761. The fourth-order valence-electron chi connectivity index (χ4n) is 3.95. The van der Waals surface area contributed by atoms with E-state index in [0.717, 1.165) is 38.6 Å². The lowest BCUT2D eigenvalue weighted by atomic mass is 9.92. The lowest BCUT2D eigenvalue weighted by Gasteiger charge is -2.50. The summed E-state index contributed by atoms with van der Waals surface area (Å²) < 4.78 is 11.5. The molecule has 0 radical (unpaired) electrons. The second kappa shape index (κ2) is 6.07. The van der Waals surface area contributed by atoms with E-state index in [1.807, 2.05) is 16.7 Å². The Bertz CT molecular complexity index is 458. The smallest absolute Gasteiger partial charge is 0.246 e. The Kier molecular flexibility index (Phi) is 4.33. The number of amides is 2. The van der Waals surface area contributed by atoms with E-state index in [1.54, 1.807) is 0 Å². The summed E-state index contributed by atoms with van der Waals surface area (Å²) in [5.41, 5.74) is 0. The van der Waals surface area contributed by atoms with Crippen molar-refractivity contribution in [2.45, 2.75) is 63.6 Å². The maximum Gasteiger partial charge on any atom is 0.246 e. The van der Waals surface area contributed by atoms with Gasteiger partial charge in [-0.25, -0.2) is 0 Å². The number of nitrogens with zero attached hydrogens (tertiary/aromatic N) is 2. The van der Waals surface area contributed by atoms with Crippen molar-refractivity contribution in [3.05, 3.63) is 0 Å². The third-order valence-corrected chi connectivity index (χ3v) is 6.47. The largest absolute Gasteiger partial charge is 0.329 e. The third kappa shape index (κ3) is 2.62. The molecule has 0 spiro atoms. The molecule has 3 rings (SSSR count). The average Bonchev–Trinajstić information content (AvgIpc) is 2.52. The van der Waals surface area contributed by atoms with E-state index in [-0.39, 0.29) is 29.9 Å². The van der Waals surface area contributed by atoms with Crippen LogP contribution in [0.2, 0.25) is 0 Å². The van der Waals surface area contributed by atoms with E-state index in [2.05, 4.69) is 0 Å². The van der Waals surface area contributed by atoms with Crippen LogP contribution in [0.25, 0.3) is 0 Å².